The highest BCUT2D eigenvalue weighted by Crippen LogP contribution is 2.26. The van der Waals surface area contributed by atoms with Gasteiger partial charge in [-0.3, -0.25) is 0 Å². The highest BCUT2D eigenvalue weighted by atomic mass is 16.5. The van der Waals surface area contributed by atoms with Crippen LogP contribution in [0.1, 0.15) is 27.6 Å². The predicted molar refractivity (Wildman–Crippen MR) is 90.4 cm³/mol. The summed E-state index contributed by atoms with van der Waals surface area (Å²) in [5.74, 6) is 0.437. The molecule has 0 unspecified atom stereocenters. The Balaban J connectivity index is 1.73. The average molecular weight is 320 g/mol. The fourth-order valence-electron chi connectivity index (χ4n) is 2.34. The van der Waals surface area contributed by atoms with Gasteiger partial charge in [-0.25, -0.2) is 4.79 Å². The molecule has 1 atom stereocenters. The van der Waals surface area contributed by atoms with E-state index in [1.807, 2.05) is 30.3 Å². The molecule has 0 saturated heterocycles. The summed E-state index contributed by atoms with van der Waals surface area (Å²) in [6.45, 7) is 0. The first-order valence-corrected chi connectivity index (χ1v) is 7.47. The molecule has 0 bridgehead atoms. The summed E-state index contributed by atoms with van der Waals surface area (Å²) in [6, 6.07) is 22.8. The van der Waals surface area contributed by atoms with Crippen LogP contribution in [0.15, 0.2) is 78.9 Å². The minimum atomic E-state index is -0.988. The summed E-state index contributed by atoms with van der Waals surface area (Å²) in [5, 5.41) is 19.3. The number of rotatable bonds is 5. The molecule has 120 valence electrons. The zero-order chi connectivity index (χ0) is 16.9. The lowest BCUT2D eigenvalue weighted by Crippen LogP contribution is -2.01. The van der Waals surface area contributed by atoms with Crippen molar-refractivity contribution in [2.45, 2.75) is 6.10 Å². The monoisotopic (exact) mass is 320 g/mol. The zero-order valence-corrected chi connectivity index (χ0v) is 12.8. The number of aliphatic hydroxyl groups excluding tert-OH is 1. The Hall–Kier alpha value is -3.11. The minimum Gasteiger partial charge on any atom is -0.478 e. The van der Waals surface area contributed by atoms with E-state index in [-0.39, 0.29) is 5.56 Å². The lowest BCUT2D eigenvalue weighted by Gasteiger charge is -2.13. The lowest BCUT2D eigenvalue weighted by atomic mass is 10.0. The van der Waals surface area contributed by atoms with E-state index in [1.54, 1.807) is 36.4 Å². The molecule has 4 heteroatoms. The van der Waals surface area contributed by atoms with Gasteiger partial charge in [-0.2, -0.15) is 0 Å². The molecule has 2 N–H and O–H groups in total. The van der Waals surface area contributed by atoms with Crippen LogP contribution < -0.4 is 4.74 Å². The Morgan fingerprint density at radius 2 is 1.25 bits per heavy atom. The third-order valence-corrected chi connectivity index (χ3v) is 3.65. The van der Waals surface area contributed by atoms with Crippen LogP contribution in [0.5, 0.6) is 11.5 Å². The van der Waals surface area contributed by atoms with Gasteiger partial charge in [0.05, 0.1) is 5.56 Å². The fraction of sp³-hybridized carbons (Fsp3) is 0.0500. The second-order valence-corrected chi connectivity index (χ2v) is 5.31. The molecule has 0 spiro atoms. The van der Waals surface area contributed by atoms with Crippen LogP contribution in [0.3, 0.4) is 0 Å². The molecular formula is C20H16O4. The molecule has 3 aromatic carbocycles. The lowest BCUT2D eigenvalue weighted by molar-refractivity contribution is 0.0696. The Labute approximate surface area is 139 Å². The first-order chi connectivity index (χ1) is 11.6. The molecule has 0 aliphatic rings. The molecule has 3 rings (SSSR count). The second kappa shape index (κ2) is 6.98. The number of para-hydroxylation sites is 1. The Morgan fingerprint density at radius 3 is 1.79 bits per heavy atom. The number of hydrogen-bond acceptors (Lipinski definition) is 3. The van der Waals surface area contributed by atoms with Gasteiger partial charge in [0.1, 0.15) is 17.6 Å². The maximum atomic E-state index is 10.9. The Kier molecular flexibility index (Phi) is 4.59. The molecule has 4 nitrogen and oxygen atoms in total. The number of carboxylic acid groups (broad SMARTS) is 1. The number of carboxylic acids is 1. The van der Waals surface area contributed by atoms with Crippen molar-refractivity contribution >= 4 is 5.97 Å². The van der Waals surface area contributed by atoms with Gasteiger partial charge in [-0.1, -0.05) is 42.5 Å². The molecule has 0 aliphatic carbocycles. The van der Waals surface area contributed by atoms with Crippen LogP contribution >= 0.6 is 0 Å². The Morgan fingerprint density at radius 1 is 0.750 bits per heavy atom. The van der Waals surface area contributed by atoms with Gasteiger partial charge in [-0.05, 0) is 47.5 Å². The third kappa shape index (κ3) is 3.62. The van der Waals surface area contributed by atoms with Crippen molar-refractivity contribution in [3.8, 4) is 11.5 Å². The summed E-state index contributed by atoms with van der Waals surface area (Å²) in [4.78, 5) is 10.9. The van der Waals surface area contributed by atoms with Crippen molar-refractivity contribution in [1.29, 1.82) is 0 Å². The van der Waals surface area contributed by atoms with Crippen molar-refractivity contribution in [1.82, 2.24) is 0 Å². The van der Waals surface area contributed by atoms with Crippen LogP contribution in [0.4, 0.5) is 0 Å². The van der Waals surface area contributed by atoms with Crippen molar-refractivity contribution in [3.63, 3.8) is 0 Å². The molecule has 0 fully saturated rings. The largest absolute Gasteiger partial charge is 0.478 e. The predicted octanol–water partition coefficient (Wildman–Crippen LogP) is 4.26. The normalized spacial score (nSPS) is 11.7. The summed E-state index contributed by atoms with van der Waals surface area (Å²) < 4.78 is 5.71. The summed E-state index contributed by atoms with van der Waals surface area (Å²) >= 11 is 0. The van der Waals surface area contributed by atoms with Gasteiger partial charge < -0.3 is 14.9 Å². The van der Waals surface area contributed by atoms with Gasteiger partial charge in [0, 0.05) is 0 Å². The highest BCUT2D eigenvalue weighted by Gasteiger charge is 2.11. The average Bonchev–Trinajstić information content (AvgIpc) is 2.63. The van der Waals surface area contributed by atoms with Crippen LogP contribution in [0.25, 0.3) is 0 Å². The van der Waals surface area contributed by atoms with Crippen molar-refractivity contribution in [2.75, 3.05) is 0 Å². The summed E-state index contributed by atoms with van der Waals surface area (Å²) in [6.07, 6.45) is -0.821. The maximum absolute atomic E-state index is 10.9. The van der Waals surface area contributed by atoms with E-state index in [1.165, 1.54) is 12.1 Å². The molecule has 0 heterocycles. The summed E-state index contributed by atoms with van der Waals surface area (Å²) in [5.41, 5.74) is 1.53. The Bertz CT molecular complexity index is 809. The number of benzene rings is 3. The van der Waals surface area contributed by atoms with Crippen molar-refractivity contribution < 1.29 is 19.7 Å². The smallest absolute Gasteiger partial charge is 0.335 e. The van der Waals surface area contributed by atoms with Gasteiger partial charge in [-0.15, -0.1) is 0 Å². The van der Waals surface area contributed by atoms with Gasteiger partial charge in [0.25, 0.3) is 0 Å². The van der Waals surface area contributed by atoms with Crippen LogP contribution in [0.2, 0.25) is 0 Å². The number of carbonyl (C=O) groups is 1. The molecule has 0 aliphatic heterocycles. The van der Waals surface area contributed by atoms with Crippen LogP contribution in [-0.4, -0.2) is 16.2 Å². The SMILES string of the molecule is O=C(O)c1ccc([C@H](O)c2ccc(Oc3ccccc3)cc2)cc1. The molecule has 0 amide bonds. The van der Waals surface area contributed by atoms with Gasteiger partial charge in [0.2, 0.25) is 0 Å². The third-order valence-electron chi connectivity index (χ3n) is 3.65. The first-order valence-electron chi connectivity index (χ1n) is 7.47. The number of hydrogen-bond donors (Lipinski definition) is 2. The van der Waals surface area contributed by atoms with Crippen molar-refractivity contribution in [2.24, 2.45) is 0 Å². The van der Waals surface area contributed by atoms with Crippen molar-refractivity contribution in [3.05, 3.63) is 95.6 Å². The minimum absolute atomic E-state index is 0.192. The van der Waals surface area contributed by atoms with E-state index in [4.69, 9.17) is 9.84 Å². The van der Waals surface area contributed by atoms with E-state index in [0.717, 1.165) is 5.75 Å². The highest BCUT2D eigenvalue weighted by molar-refractivity contribution is 5.87. The molecule has 0 aromatic heterocycles. The fourth-order valence-corrected chi connectivity index (χ4v) is 2.34. The first kappa shape index (κ1) is 15.8. The number of aromatic carboxylic acids is 1. The zero-order valence-electron chi connectivity index (χ0n) is 12.8. The van der Waals surface area contributed by atoms with Crippen LogP contribution in [-0.2, 0) is 0 Å². The number of aliphatic hydroxyl groups is 1. The van der Waals surface area contributed by atoms with Crippen LogP contribution in [0, 0.1) is 0 Å². The quantitative estimate of drug-likeness (QED) is 0.737. The second-order valence-electron chi connectivity index (χ2n) is 5.31. The summed E-state index contributed by atoms with van der Waals surface area (Å²) in [7, 11) is 0. The van der Waals surface area contributed by atoms with Gasteiger partial charge >= 0.3 is 5.97 Å². The van der Waals surface area contributed by atoms with Gasteiger partial charge in [0.15, 0.2) is 0 Å². The van der Waals surface area contributed by atoms with E-state index < -0.39 is 12.1 Å². The van der Waals surface area contributed by atoms with E-state index in [9.17, 15) is 9.90 Å². The maximum Gasteiger partial charge on any atom is 0.335 e. The topological polar surface area (TPSA) is 66.8 Å². The van der Waals surface area contributed by atoms with E-state index in [2.05, 4.69) is 0 Å². The molecule has 3 aromatic rings. The molecule has 0 radical (unpaired) electrons. The van der Waals surface area contributed by atoms with E-state index >= 15 is 0 Å². The molecular weight excluding hydrogens is 304 g/mol. The standard InChI is InChI=1S/C20H16O4/c21-19(14-6-8-16(9-7-14)20(22)23)15-10-12-18(13-11-15)24-17-4-2-1-3-5-17/h1-13,19,21H,(H,22,23)/t19-/m0/s1. The molecule has 0 saturated carbocycles. The van der Waals surface area contributed by atoms with E-state index in [0.29, 0.717) is 16.9 Å². The molecule has 24 heavy (non-hydrogen) atoms. The number of ether oxygens (including phenoxy) is 1.